The Morgan fingerprint density at radius 2 is 1.76 bits per heavy atom. The lowest BCUT2D eigenvalue weighted by atomic mass is 10.1. The molecule has 1 atom stereocenters. The zero-order chi connectivity index (χ0) is 18.1. The topological polar surface area (TPSA) is 67.4 Å². The van der Waals surface area contributed by atoms with Gasteiger partial charge < -0.3 is 15.4 Å². The van der Waals surface area contributed by atoms with Crippen LogP contribution in [0.4, 0.5) is 5.69 Å². The fourth-order valence-electron chi connectivity index (χ4n) is 2.32. The van der Waals surface area contributed by atoms with Gasteiger partial charge in [-0.1, -0.05) is 30.3 Å². The fraction of sp³-hybridized carbons (Fsp3) is 0.263. The van der Waals surface area contributed by atoms with Crippen LogP contribution in [0.5, 0.6) is 5.75 Å². The van der Waals surface area contributed by atoms with Gasteiger partial charge in [0, 0.05) is 5.69 Å². The van der Waals surface area contributed by atoms with Crippen LogP contribution in [0.1, 0.15) is 16.8 Å². The molecule has 0 radical (unpaired) electrons. The molecule has 0 saturated carbocycles. The first kappa shape index (κ1) is 18.9. The van der Waals surface area contributed by atoms with Crippen molar-refractivity contribution in [3.63, 3.8) is 0 Å². The first-order chi connectivity index (χ1) is 12.2. The number of benzene rings is 2. The van der Waals surface area contributed by atoms with Crippen molar-refractivity contribution in [3.8, 4) is 5.75 Å². The van der Waals surface area contributed by atoms with E-state index in [0.29, 0.717) is 23.4 Å². The van der Waals surface area contributed by atoms with Crippen LogP contribution in [0.3, 0.4) is 0 Å². The highest BCUT2D eigenvalue weighted by molar-refractivity contribution is 7.98. The number of ether oxygens (including phenoxy) is 1. The summed E-state index contributed by atoms with van der Waals surface area (Å²) in [6.45, 7) is 0. The average Bonchev–Trinajstić information content (AvgIpc) is 2.65. The highest BCUT2D eigenvalue weighted by Crippen LogP contribution is 2.17. The summed E-state index contributed by atoms with van der Waals surface area (Å²) in [5.74, 6) is 0.682. The molecule has 132 valence electrons. The molecule has 2 N–H and O–H groups in total. The summed E-state index contributed by atoms with van der Waals surface area (Å²) in [5, 5.41) is 5.66. The molecule has 0 heterocycles. The number of carbonyl (C=O) groups is 2. The van der Waals surface area contributed by atoms with E-state index in [1.807, 2.05) is 36.6 Å². The molecule has 5 nitrogen and oxygen atoms in total. The van der Waals surface area contributed by atoms with Gasteiger partial charge >= 0.3 is 0 Å². The lowest BCUT2D eigenvalue weighted by molar-refractivity contribution is -0.118. The van der Waals surface area contributed by atoms with Gasteiger partial charge in [-0.2, -0.15) is 11.8 Å². The first-order valence-corrected chi connectivity index (χ1v) is 9.34. The van der Waals surface area contributed by atoms with Crippen molar-refractivity contribution in [2.45, 2.75) is 12.5 Å². The van der Waals surface area contributed by atoms with Crippen molar-refractivity contribution in [2.24, 2.45) is 0 Å². The highest BCUT2D eigenvalue weighted by Gasteiger charge is 2.22. The van der Waals surface area contributed by atoms with Gasteiger partial charge in [0.15, 0.2) is 0 Å². The molecule has 0 fully saturated rings. The number of methoxy groups -OCH3 is 1. The molecule has 2 rings (SSSR count). The van der Waals surface area contributed by atoms with E-state index in [4.69, 9.17) is 4.74 Å². The molecule has 0 spiro atoms. The van der Waals surface area contributed by atoms with E-state index in [9.17, 15) is 9.59 Å². The van der Waals surface area contributed by atoms with E-state index in [-0.39, 0.29) is 11.8 Å². The summed E-state index contributed by atoms with van der Waals surface area (Å²) < 4.78 is 5.22. The average molecular weight is 358 g/mol. The Morgan fingerprint density at radius 3 is 2.44 bits per heavy atom. The quantitative estimate of drug-likeness (QED) is 0.760. The predicted octanol–water partition coefficient (Wildman–Crippen LogP) is 3.19. The molecule has 0 saturated heterocycles. The second-order valence-corrected chi connectivity index (χ2v) is 6.35. The molecule has 2 amide bonds. The normalized spacial score (nSPS) is 11.4. The molecular weight excluding hydrogens is 336 g/mol. The van der Waals surface area contributed by atoms with Gasteiger partial charge in [0.05, 0.1) is 12.7 Å². The van der Waals surface area contributed by atoms with Crippen LogP contribution in [0.15, 0.2) is 54.6 Å². The summed E-state index contributed by atoms with van der Waals surface area (Å²) in [6.07, 6.45) is 2.51. The van der Waals surface area contributed by atoms with E-state index in [0.717, 1.165) is 5.75 Å². The molecular formula is C19H22N2O3S. The Balaban J connectivity index is 2.11. The SMILES string of the molecule is COc1ccccc1C(=O)N[C@H](CCSC)C(=O)Nc1ccccc1. The van der Waals surface area contributed by atoms with Crippen molar-refractivity contribution < 1.29 is 14.3 Å². The summed E-state index contributed by atoms with van der Waals surface area (Å²) in [4.78, 5) is 25.2. The number of hydrogen-bond donors (Lipinski definition) is 2. The number of para-hydroxylation sites is 2. The number of rotatable bonds is 8. The van der Waals surface area contributed by atoms with Crippen LogP contribution >= 0.6 is 11.8 Å². The van der Waals surface area contributed by atoms with E-state index in [2.05, 4.69) is 10.6 Å². The smallest absolute Gasteiger partial charge is 0.255 e. The van der Waals surface area contributed by atoms with Crippen molar-refractivity contribution in [1.82, 2.24) is 5.32 Å². The number of amides is 2. The molecule has 2 aromatic rings. The fourth-order valence-corrected chi connectivity index (χ4v) is 2.79. The highest BCUT2D eigenvalue weighted by atomic mass is 32.2. The zero-order valence-corrected chi connectivity index (χ0v) is 15.1. The Hall–Kier alpha value is -2.47. The number of anilines is 1. The lowest BCUT2D eigenvalue weighted by Gasteiger charge is -2.19. The molecule has 2 aromatic carbocycles. The molecule has 0 aliphatic rings. The van der Waals surface area contributed by atoms with E-state index >= 15 is 0 Å². The third-order valence-electron chi connectivity index (χ3n) is 3.63. The minimum absolute atomic E-state index is 0.233. The third-order valence-corrected chi connectivity index (χ3v) is 4.27. The minimum atomic E-state index is -0.620. The molecule has 0 aromatic heterocycles. The van der Waals surface area contributed by atoms with Crippen LogP contribution in [0.2, 0.25) is 0 Å². The zero-order valence-electron chi connectivity index (χ0n) is 14.3. The maximum atomic E-state index is 12.6. The van der Waals surface area contributed by atoms with Gasteiger partial charge in [0.2, 0.25) is 5.91 Å². The molecule has 25 heavy (non-hydrogen) atoms. The van der Waals surface area contributed by atoms with Crippen LogP contribution < -0.4 is 15.4 Å². The van der Waals surface area contributed by atoms with Crippen molar-refractivity contribution in [2.75, 3.05) is 24.4 Å². The Kier molecular flexibility index (Phi) is 7.35. The number of thioether (sulfide) groups is 1. The molecule has 6 heteroatoms. The van der Waals surface area contributed by atoms with Crippen molar-refractivity contribution in [1.29, 1.82) is 0 Å². The Labute approximate surface area is 152 Å². The minimum Gasteiger partial charge on any atom is -0.496 e. The van der Waals surface area contributed by atoms with Gasteiger partial charge in [-0.15, -0.1) is 0 Å². The maximum Gasteiger partial charge on any atom is 0.255 e. The van der Waals surface area contributed by atoms with E-state index in [1.54, 1.807) is 36.0 Å². The van der Waals surface area contributed by atoms with Crippen molar-refractivity contribution >= 4 is 29.3 Å². The summed E-state index contributed by atoms with van der Waals surface area (Å²) >= 11 is 1.63. The molecule has 0 unspecified atom stereocenters. The van der Waals surface area contributed by atoms with Gasteiger partial charge in [-0.05, 0) is 42.7 Å². The number of nitrogens with one attached hydrogen (secondary N) is 2. The van der Waals surface area contributed by atoms with Crippen molar-refractivity contribution in [3.05, 3.63) is 60.2 Å². The predicted molar refractivity (Wildman–Crippen MR) is 102 cm³/mol. The number of hydrogen-bond acceptors (Lipinski definition) is 4. The molecule has 0 aliphatic carbocycles. The Bertz CT molecular complexity index is 707. The van der Waals surface area contributed by atoms with E-state index < -0.39 is 6.04 Å². The largest absolute Gasteiger partial charge is 0.496 e. The summed E-state index contributed by atoms with van der Waals surface area (Å²) in [6, 6.07) is 15.5. The second kappa shape index (κ2) is 9.74. The van der Waals surface area contributed by atoms with Gasteiger partial charge in [0.25, 0.3) is 5.91 Å². The van der Waals surface area contributed by atoms with E-state index in [1.165, 1.54) is 7.11 Å². The first-order valence-electron chi connectivity index (χ1n) is 7.94. The third kappa shape index (κ3) is 5.53. The maximum absolute atomic E-state index is 12.6. The summed E-state index contributed by atoms with van der Waals surface area (Å²) in [5.41, 5.74) is 1.11. The monoisotopic (exact) mass is 358 g/mol. The van der Waals surface area contributed by atoms with Crippen LogP contribution in [-0.2, 0) is 4.79 Å². The Morgan fingerprint density at radius 1 is 1.08 bits per heavy atom. The standard InChI is InChI=1S/C19H22N2O3S/c1-24-17-11-7-6-10-15(17)18(22)21-16(12-13-25-2)19(23)20-14-8-4-3-5-9-14/h3-11,16H,12-13H2,1-2H3,(H,20,23)(H,21,22)/t16-/m1/s1. The van der Waals surface area contributed by atoms with Gasteiger partial charge in [-0.25, -0.2) is 0 Å². The van der Waals surface area contributed by atoms with Gasteiger partial charge in [0.1, 0.15) is 11.8 Å². The van der Waals surface area contributed by atoms with Crippen LogP contribution in [0.25, 0.3) is 0 Å². The lowest BCUT2D eigenvalue weighted by Crippen LogP contribution is -2.44. The second-order valence-electron chi connectivity index (χ2n) is 5.36. The molecule has 0 aliphatic heterocycles. The van der Waals surface area contributed by atoms with Gasteiger partial charge in [-0.3, -0.25) is 9.59 Å². The molecule has 0 bridgehead atoms. The van der Waals surface area contributed by atoms with Crippen LogP contribution in [0, 0.1) is 0 Å². The number of carbonyl (C=O) groups excluding carboxylic acids is 2. The van der Waals surface area contributed by atoms with Crippen LogP contribution in [-0.4, -0.2) is 37.0 Å². The summed E-state index contributed by atoms with van der Waals surface area (Å²) in [7, 11) is 1.51.